The highest BCUT2D eigenvalue weighted by atomic mass is 35.5. The van der Waals surface area contributed by atoms with Gasteiger partial charge in [0.1, 0.15) is 18.3 Å². The fourth-order valence-corrected chi connectivity index (χ4v) is 4.72. The predicted octanol–water partition coefficient (Wildman–Crippen LogP) is 3.84. The van der Waals surface area contributed by atoms with Crippen LogP contribution in [0.5, 0.6) is 0 Å². The Balaban J connectivity index is 1.76. The first-order chi connectivity index (χ1) is 14.2. The van der Waals surface area contributed by atoms with E-state index in [1.165, 1.54) is 25.7 Å². The van der Waals surface area contributed by atoms with E-state index in [1.807, 2.05) is 32.9 Å². The lowest BCUT2D eigenvalue weighted by molar-refractivity contribution is -0.159. The SMILES string of the molecule is CC(C)(C)OC(=O)COC/C=C\C[C@@H]1[C@@H](C#C[C@@H](O)CC2CCCC2)[C@H](O)C[C@H]1Cl. The van der Waals surface area contributed by atoms with Crippen LogP contribution in [0.1, 0.15) is 65.7 Å². The van der Waals surface area contributed by atoms with Gasteiger partial charge in [-0.15, -0.1) is 11.6 Å². The summed E-state index contributed by atoms with van der Waals surface area (Å²) in [7, 11) is 0. The van der Waals surface area contributed by atoms with Crippen LogP contribution < -0.4 is 0 Å². The molecule has 0 unspecified atom stereocenters. The molecule has 2 aliphatic carbocycles. The molecule has 2 fully saturated rings. The zero-order valence-electron chi connectivity index (χ0n) is 18.5. The van der Waals surface area contributed by atoms with Crippen molar-refractivity contribution in [1.82, 2.24) is 0 Å². The molecule has 0 amide bonds. The van der Waals surface area contributed by atoms with Crippen LogP contribution >= 0.6 is 11.6 Å². The Morgan fingerprint density at radius 3 is 2.63 bits per heavy atom. The van der Waals surface area contributed by atoms with E-state index in [1.54, 1.807) is 0 Å². The Morgan fingerprint density at radius 2 is 1.97 bits per heavy atom. The van der Waals surface area contributed by atoms with E-state index >= 15 is 0 Å². The molecule has 2 aliphatic rings. The molecule has 5 nitrogen and oxygen atoms in total. The van der Waals surface area contributed by atoms with Gasteiger partial charge in [0.15, 0.2) is 0 Å². The lowest BCUT2D eigenvalue weighted by Crippen LogP contribution is -2.26. The minimum absolute atomic E-state index is 0.0231. The lowest BCUT2D eigenvalue weighted by Gasteiger charge is -2.19. The van der Waals surface area contributed by atoms with E-state index in [2.05, 4.69) is 11.8 Å². The van der Waals surface area contributed by atoms with Gasteiger partial charge in [-0.3, -0.25) is 0 Å². The zero-order chi connectivity index (χ0) is 22.1. The second kappa shape index (κ2) is 12.1. The van der Waals surface area contributed by atoms with E-state index in [4.69, 9.17) is 21.1 Å². The first kappa shape index (κ1) is 25.2. The van der Waals surface area contributed by atoms with Crippen LogP contribution in [0.15, 0.2) is 12.2 Å². The first-order valence-corrected chi connectivity index (χ1v) is 11.5. The number of ether oxygens (including phenoxy) is 2. The quantitative estimate of drug-likeness (QED) is 0.197. The van der Waals surface area contributed by atoms with Crippen molar-refractivity contribution >= 4 is 17.6 Å². The normalized spacial score (nSPS) is 28.5. The molecule has 30 heavy (non-hydrogen) atoms. The number of allylic oxidation sites excluding steroid dienone is 1. The van der Waals surface area contributed by atoms with Gasteiger partial charge < -0.3 is 19.7 Å². The van der Waals surface area contributed by atoms with Crippen molar-refractivity contribution in [3.05, 3.63) is 12.2 Å². The van der Waals surface area contributed by atoms with Crippen LogP contribution in [-0.2, 0) is 14.3 Å². The number of esters is 1. The Hall–Kier alpha value is -1.06. The first-order valence-electron chi connectivity index (χ1n) is 11.1. The third kappa shape index (κ3) is 8.98. The van der Waals surface area contributed by atoms with Crippen molar-refractivity contribution < 1.29 is 24.5 Å². The van der Waals surface area contributed by atoms with Crippen LogP contribution in [0.4, 0.5) is 0 Å². The highest BCUT2D eigenvalue weighted by Crippen LogP contribution is 2.38. The second-order valence-electron chi connectivity index (χ2n) is 9.51. The van der Waals surface area contributed by atoms with Gasteiger partial charge in [-0.05, 0) is 51.9 Å². The van der Waals surface area contributed by atoms with E-state index in [0.29, 0.717) is 25.4 Å². The van der Waals surface area contributed by atoms with Gasteiger partial charge in [-0.2, -0.15) is 0 Å². The molecule has 0 radical (unpaired) electrons. The summed E-state index contributed by atoms with van der Waals surface area (Å²) >= 11 is 6.45. The van der Waals surface area contributed by atoms with E-state index in [0.717, 1.165) is 6.42 Å². The van der Waals surface area contributed by atoms with Crippen LogP contribution in [-0.4, -0.2) is 52.6 Å². The molecule has 0 heterocycles. The summed E-state index contributed by atoms with van der Waals surface area (Å²) in [4.78, 5) is 11.6. The minimum atomic E-state index is -0.632. The molecule has 2 N–H and O–H groups in total. The summed E-state index contributed by atoms with van der Waals surface area (Å²) in [5, 5.41) is 20.4. The maximum atomic E-state index is 11.6. The third-order valence-corrected chi connectivity index (χ3v) is 6.19. The number of halogens is 1. The Kier molecular flexibility index (Phi) is 10.2. The lowest BCUT2D eigenvalue weighted by atomic mass is 9.91. The monoisotopic (exact) mass is 440 g/mol. The Labute approximate surface area is 186 Å². The number of rotatable bonds is 8. The van der Waals surface area contributed by atoms with Gasteiger partial charge in [-0.1, -0.05) is 49.7 Å². The fourth-order valence-electron chi connectivity index (χ4n) is 4.28. The summed E-state index contributed by atoms with van der Waals surface area (Å²) in [5.74, 6) is 6.04. The van der Waals surface area contributed by atoms with Crippen molar-refractivity contribution in [2.75, 3.05) is 13.2 Å². The minimum Gasteiger partial charge on any atom is -0.458 e. The molecule has 0 saturated heterocycles. The molecule has 170 valence electrons. The number of alkyl halides is 1. The van der Waals surface area contributed by atoms with E-state index in [-0.39, 0.29) is 29.8 Å². The Morgan fingerprint density at radius 1 is 1.27 bits per heavy atom. The van der Waals surface area contributed by atoms with Crippen LogP contribution in [0.3, 0.4) is 0 Å². The molecule has 2 saturated carbocycles. The number of hydrogen-bond acceptors (Lipinski definition) is 5. The van der Waals surface area contributed by atoms with E-state index in [9.17, 15) is 15.0 Å². The summed E-state index contributed by atoms with van der Waals surface area (Å²) in [6, 6.07) is 0. The molecule has 0 bridgehead atoms. The number of hydrogen-bond donors (Lipinski definition) is 2. The van der Waals surface area contributed by atoms with Crippen molar-refractivity contribution in [3.63, 3.8) is 0 Å². The van der Waals surface area contributed by atoms with Crippen molar-refractivity contribution in [2.45, 2.75) is 88.9 Å². The van der Waals surface area contributed by atoms with Gasteiger partial charge in [-0.25, -0.2) is 4.79 Å². The third-order valence-electron chi connectivity index (χ3n) is 5.68. The summed E-state index contributed by atoms with van der Waals surface area (Å²) in [6.07, 6.45) is 9.34. The predicted molar refractivity (Wildman–Crippen MR) is 118 cm³/mol. The molecule has 0 aromatic rings. The van der Waals surface area contributed by atoms with Crippen molar-refractivity contribution in [1.29, 1.82) is 0 Å². The van der Waals surface area contributed by atoms with Gasteiger partial charge in [0.05, 0.1) is 18.6 Å². The zero-order valence-corrected chi connectivity index (χ0v) is 19.2. The van der Waals surface area contributed by atoms with Gasteiger partial charge in [0.25, 0.3) is 0 Å². The molecule has 0 spiro atoms. The molecule has 0 aliphatic heterocycles. The number of aliphatic hydroxyl groups is 2. The van der Waals surface area contributed by atoms with Crippen LogP contribution in [0.2, 0.25) is 0 Å². The topological polar surface area (TPSA) is 76.0 Å². The number of carbonyl (C=O) groups is 1. The Bertz CT molecular complexity index is 624. The highest BCUT2D eigenvalue weighted by molar-refractivity contribution is 6.21. The maximum Gasteiger partial charge on any atom is 0.332 e. The fraction of sp³-hybridized carbons (Fsp3) is 0.792. The van der Waals surface area contributed by atoms with Crippen LogP contribution in [0.25, 0.3) is 0 Å². The second-order valence-corrected chi connectivity index (χ2v) is 10.1. The maximum absolute atomic E-state index is 11.6. The molecule has 0 aromatic carbocycles. The summed E-state index contributed by atoms with van der Waals surface area (Å²) < 4.78 is 10.5. The highest BCUT2D eigenvalue weighted by Gasteiger charge is 2.40. The molecule has 5 atom stereocenters. The van der Waals surface area contributed by atoms with Crippen molar-refractivity contribution in [3.8, 4) is 11.8 Å². The molecule has 0 aromatic heterocycles. The molecular formula is C24H37ClO5. The van der Waals surface area contributed by atoms with Crippen molar-refractivity contribution in [2.24, 2.45) is 17.8 Å². The van der Waals surface area contributed by atoms with Crippen LogP contribution in [0, 0.1) is 29.6 Å². The van der Waals surface area contributed by atoms with Gasteiger partial charge in [0, 0.05) is 5.38 Å². The summed E-state index contributed by atoms with van der Waals surface area (Å²) in [5.41, 5.74) is -0.518. The molecular weight excluding hydrogens is 404 g/mol. The largest absolute Gasteiger partial charge is 0.458 e. The molecule has 2 rings (SSSR count). The number of carbonyl (C=O) groups excluding carboxylic acids is 1. The molecule has 6 heteroatoms. The van der Waals surface area contributed by atoms with E-state index < -0.39 is 17.8 Å². The number of aliphatic hydroxyl groups excluding tert-OH is 2. The standard InChI is InChI=1S/C24H37ClO5/c1-24(2,3)30-23(28)16-29-13-7-6-10-19-20(22(27)15-21(19)25)12-11-18(26)14-17-8-4-5-9-17/h6-7,17-22,26-27H,4-5,8-10,13-16H2,1-3H3/b7-6-/t18-,19-,20-,21-,22-/m1/s1. The summed E-state index contributed by atoms with van der Waals surface area (Å²) in [6.45, 7) is 5.66. The average molecular weight is 441 g/mol. The van der Waals surface area contributed by atoms with Gasteiger partial charge >= 0.3 is 5.97 Å². The average Bonchev–Trinajstić information content (AvgIpc) is 3.22. The van der Waals surface area contributed by atoms with Gasteiger partial charge in [0.2, 0.25) is 0 Å². The smallest absolute Gasteiger partial charge is 0.332 e.